The zero-order chi connectivity index (χ0) is 12.5. The SMILES string of the molecule is CCc1ccc2c(c1)N=C(c1ccc(C)cc1)C2. The van der Waals surface area contributed by atoms with E-state index in [4.69, 9.17) is 4.99 Å². The summed E-state index contributed by atoms with van der Waals surface area (Å²) >= 11 is 0. The maximum atomic E-state index is 4.78. The van der Waals surface area contributed by atoms with Gasteiger partial charge in [0.1, 0.15) is 0 Å². The lowest BCUT2D eigenvalue weighted by Crippen LogP contribution is -1.99. The largest absolute Gasteiger partial charge is 0.252 e. The van der Waals surface area contributed by atoms with Crippen molar-refractivity contribution in [3.8, 4) is 0 Å². The lowest BCUT2D eigenvalue weighted by Gasteiger charge is -2.00. The van der Waals surface area contributed by atoms with Gasteiger partial charge in [-0.3, -0.25) is 4.99 Å². The Kier molecular flexibility index (Phi) is 2.75. The summed E-state index contributed by atoms with van der Waals surface area (Å²) in [7, 11) is 0. The highest BCUT2D eigenvalue weighted by atomic mass is 14.8. The lowest BCUT2D eigenvalue weighted by atomic mass is 10.0. The van der Waals surface area contributed by atoms with Crippen LogP contribution in [0.5, 0.6) is 0 Å². The molecule has 0 unspecified atom stereocenters. The van der Waals surface area contributed by atoms with E-state index in [9.17, 15) is 0 Å². The fraction of sp³-hybridized carbons (Fsp3) is 0.235. The van der Waals surface area contributed by atoms with Gasteiger partial charge in [-0.15, -0.1) is 0 Å². The first-order valence-electron chi connectivity index (χ1n) is 6.52. The highest BCUT2D eigenvalue weighted by Gasteiger charge is 2.15. The molecule has 0 saturated heterocycles. The number of nitrogens with zero attached hydrogens (tertiary/aromatic N) is 1. The quantitative estimate of drug-likeness (QED) is 0.738. The predicted octanol–water partition coefficient (Wildman–Crippen LogP) is 4.23. The van der Waals surface area contributed by atoms with Crippen molar-refractivity contribution in [1.29, 1.82) is 0 Å². The summed E-state index contributed by atoms with van der Waals surface area (Å²) in [5, 5.41) is 0. The highest BCUT2D eigenvalue weighted by molar-refractivity contribution is 6.06. The molecule has 2 aromatic rings. The van der Waals surface area contributed by atoms with Gasteiger partial charge in [-0.25, -0.2) is 0 Å². The summed E-state index contributed by atoms with van der Waals surface area (Å²) in [6.45, 7) is 4.30. The molecule has 18 heavy (non-hydrogen) atoms. The van der Waals surface area contributed by atoms with Crippen molar-refractivity contribution in [3.05, 3.63) is 64.7 Å². The minimum atomic E-state index is 0.961. The zero-order valence-electron chi connectivity index (χ0n) is 10.9. The summed E-state index contributed by atoms with van der Waals surface area (Å²) in [4.78, 5) is 4.78. The van der Waals surface area contributed by atoms with E-state index in [1.54, 1.807) is 0 Å². The number of hydrogen-bond donors (Lipinski definition) is 0. The smallest absolute Gasteiger partial charge is 0.0672 e. The standard InChI is InChI=1S/C17H17N/c1-3-13-6-9-15-11-17(18-16(15)10-13)14-7-4-12(2)5-8-14/h4-10H,3,11H2,1-2H3. The van der Waals surface area contributed by atoms with Crippen molar-refractivity contribution in [1.82, 2.24) is 0 Å². The molecule has 1 aliphatic rings. The number of hydrogen-bond acceptors (Lipinski definition) is 1. The van der Waals surface area contributed by atoms with E-state index in [0.717, 1.165) is 18.5 Å². The second-order valence-electron chi connectivity index (χ2n) is 4.92. The second-order valence-corrected chi connectivity index (χ2v) is 4.92. The molecule has 1 aliphatic heterocycles. The first-order chi connectivity index (χ1) is 8.76. The van der Waals surface area contributed by atoms with Crippen LogP contribution in [0.2, 0.25) is 0 Å². The Labute approximate surface area is 108 Å². The molecular formula is C17H17N. The maximum absolute atomic E-state index is 4.78. The van der Waals surface area contributed by atoms with Crippen LogP contribution in [-0.4, -0.2) is 5.71 Å². The Morgan fingerprint density at radius 1 is 1.06 bits per heavy atom. The lowest BCUT2D eigenvalue weighted by molar-refractivity contribution is 1.13. The number of fused-ring (bicyclic) bond motifs is 1. The number of aryl methyl sites for hydroxylation is 2. The monoisotopic (exact) mass is 235 g/mol. The molecule has 0 N–H and O–H groups in total. The molecule has 1 nitrogen and oxygen atoms in total. The molecule has 90 valence electrons. The van der Waals surface area contributed by atoms with Crippen LogP contribution >= 0.6 is 0 Å². The van der Waals surface area contributed by atoms with E-state index in [2.05, 4.69) is 56.3 Å². The minimum Gasteiger partial charge on any atom is -0.252 e. The summed E-state index contributed by atoms with van der Waals surface area (Å²) in [6.07, 6.45) is 2.03. The van der Waals surface area contributed by atoms with Crippen LogP contribution in [0.15, 0.2) is 47.5 Å². The number of rotatable bonds is 2. The van der Waals surface area contributed by atoms with Crippen LogP contribution in [0.25, 0.3) is 0 Å². The Bertz CT molecular complexity index is 606. The van der Waals surface area contributed by atoms with Gasteiger partial charge in [0.25, 0.3) is 0 Å². The van der Waals surface area contributed by atoms with Crippen molar-refractivity contribution in [2.24, 2.45) is 4.99 Å². The normalized spacial score (nSPS) is 13.3. The van der Waals surface area contributed by atoms with Crippen LogP contribution < -0.4 is 0 Å². The third-order valence-electron chi connectivity index (χ3n) is 3.56. The third kappa shape index (κ3) is 1.97. The fourth-order valence-corrected chi connectivity index (χ4v) is 2.36. The van der Waals surface area contributed by atoms with Gasteiger partial charge in [-0.05, 0) is 36.1 Å². The van der Waals surface area contributed by atoms with Gasteiger partial charge < -0.3 is 0 Å². The predicted molar refractivity (Wildman–Crippen MR) is 76.9 cm³/mol. The van der Waals surface area contributed by atoms with Crippen LogP contribution in [0, 0.1) is 6.92 Å². The first kappa shape index (κ1) is 11.2. The Hall–Kier alpha value is -1.89. The maximum Gasteiger partial charge on any atom is 0.0672 e. The van der Waals surface area contributed by atoms with Crippen LogP contribution in [0.3, 0.4) is 0 Å². The fourth-order valence-electron chi connectivity index (χ4n) is 2.36. The minimum absolute atomic E-state index is 0.961. The van der Waals surface area contributed by atoms with E-state index in [0.29, 0.717) is 0 Å². The molecule has 3 rings (SSSR count). The molecule has 0 bridgehead atoms. The topological polar surface area (TPSA) is 12.4 Å². The molecule has 0 spiro atoms. The van der Waals surface area contributed by atoms with Gasteiger partial charge in [0.05, 0.1) is 11.4 Å². The van der Waals surface area contributed by atoms with Gasteiger partial charge in [0.15, 0.2) is 0 Å². The Morgan fingerprint density at radius 2 is 1.83 bits per heavy atom. The third-order valence-corrected chi connectivity index (χ3v) is 3.56. The van der Waals surface area contributed by atoms with Crippen LogP contribution in [0.1, 0.15) is 29.2 Å². The van der Waals surface area contributed by atoms with E-state index >= 15 is 0 Å². The summed E-state index contributed by atoms with van der Waals surface area (Å²) < 4.78 is 0. The number of aliphatic imine (C=N–C) groups is 1. The van der Waals surface area contributed by atoms with E-state index < -0.39 is 0 Å². The Balaban J connectivity index is 1.96. The molecule has 0 radical (unpaired) electrons. The van der Waals surface area contributed by atoms with E-state index in [1.165, 1.54) is 28.0 Å². The molecule has 1 heterocycles. The molecule has 0 amide bonds. The van der Waals surface area contributed by atoms with Gasteiger partial charge >= 0.3 is 0 Å². The van der Waals surface area contributed by atoms with Gasteiger partial charge in [-0.2, -0.15) is 0 Å². The van der Waals surface area contributed by atoms with Gasteiger partial charge in [-0.1, -0.05) is 48.9 Å². The van der Waals surface area contributed by atoms with Gasteiger partial charge in [0, 0.05) is 6.42 Å². The molecule has 0 aliphatic carbocycles. The Morgan fingerprint density at radius 3 is 2.56 bits per heavy atom. The average molecular weight is 235 g/mol. The summed E-state index contributed by atoms with van der Waals surface area (Å²) in [5.74, 6) is 0. The van der Waals surface area contributed by atoms with E-state index in [1.807, 2.05) is 0 Å². The van der Waals surface area contributed by atoms with Crippen molar-refractivity contribution < 1.29 is 0 Å². The molecule has 2 aromatic carbocycles. The summed E-state index contributed by atoms with van der Waals surface area (Å²) in [6, 6.07) is 15.3. The molecular weight excluding hydrogens is 218 g/mol. The zero-order valence-corrected chi connectivity index (χ0v) is 10.9. The molecule has 1 heteroatoms. The van der Waals surface area contributed by atoms with Crippen molar-refractivity contribution in [2.45, 2.75) is 26.7 Å². The van der Waals surface area contributed by atoms with Crippen LogP contribution in [-0.2, 0) is 12.8 Å². The van der Waals surface area contributed by atoms with Crippen molar-refractivity contribution in [2.75, 3.05) is 0 Å². The van der Waals surface area contributed by atoms with Crippen molar-refractivity contribution >= 4 is 11.4 Å². The van der Waals surface area contributed by atoms with Gasteiger partial charge in [0.2, 0.25) is 0 Å². The number of benzene rings is 2. The van der Waals surface area contributed by atoms with Crippen molar-refractivity contribution in [3.63, 3.8) is 0 Å². The molecule has 0 aromatic heterocycles. The molecule has 0 fully saturated rings. The van der Waals surface area contributed by atoms with Crippen LogP contribution in [0.4, 0.5) is 5.69 Å². The first-order valence-corrected chi connectivity index (χ1v) is 6.52. The average Bonchev–Trinajstić information content (AvgIpc) is 2.82. The molecule has 0 saturated carbocycles. The second kappa shape index (κ2) is 4.41. The molecule has 0 atom stereocenters. The highest BCUT2D eigenvalue weighted by Crippen LogP contribution is 2.30. The van der Waals surface area contributed by atoms with E-state index in [-0.39, 0.29) is 0 Å². The summed E-state index contributed by atoms with van der Waals surface area (Å²) in [5.41, 5.74) is 7.60.